The number of benzene rings is 1. The van der Waals surface area contributed by atoms with Crippen molar-refractivity contribution in [3.8, 4) is 6.07 Å². The highest BCUT2D eigenvalue weighted by atomic mass is 32.1. The van der Waals surface area contributed by atoms with Crippen molar-refractivity contribution in [1.82, 2.24) is 4.37 Å². The van der Waals surface area contributed by atoms with E-state index in [0.717, 1.165) is 21.9 Å². The van der Waals surface area contributed by atoms with E-state index in [1.54, 1.807) is 0 Å². The third-order valence-corrected chi connectivity index (χ3v) is 3.47. The van der Waals surface area contributed by atoms with Crippen LogP contribution in [0.15, 0.2) is 18.2 Å². The molecule has 2 aromatic rings. The van der Waals surface area contributed by atoms with Crippen molar-refractivity contribution < 1.29 is 0 Å². The molecule has 17 heavy (non-hydrogen) atoms. The Morgan fingerprint density at radius 1 is 1.29 bits per heavy atom. The summed E-state index contributed by atoms with van der Waals surface area (Å²) in [6.07, 6.45) is 0. The highest BCUT2D eigenvalue weighted by Crippen LogP contribution is 2.29. The molecular formula is C13H13N3S. The Hall–Kier alpha value is -1.86. The number of nitriles is 1. The summed E-state index contributed by atoms with van der Waals surface area (Å²) >= 11 is 1.33. The molecule has 2 rings (SSSR count). The monoisotopic (exact) mass is 243 g/mol. The molecule has 0 saturated carbocycles. The third-order valence-electron chi connectivity index (χ3n) is 2.62. The molecule has 4 heteroatoms. The summed E-state index contributed by atoms with van der Waals surface area (Å²) in [5, 5.41) is 13.2. The quantitative estimate of drug-likeness (QED) is 0.875. The van der Waals surface area contributed by atoms with Gasteiger partial charge in [-0.2, -0.15) is 9.64 Å². The van der Waals surface area contributed by atoms with E-state index < -0.39 is 0 Å². The lowest BCUT2D eigenvalue weighted by Gasteiger charge is -2.08. The zero-order chi connectivity index (χ0) is 12.4. The number of rotatable bonds is 2. The topological polar surface area (TPSA) is 48.7 Å². The van der Waals surface area contributed by atoms with Crippen molar-refractivity contribution in [3.05, 3.63) is 40.6 Å². The molecule has 0 aliphatic rings. The highest BCUT2D eigenvalue weighted by molar-refractivity contribution is 7.10. The minimum atomic E-state index is 0.635. The molecule has 1 N–H and O–H groups in total. The number of hydrogen-bond acceptors (Lipinski definition) is 4. The zero-order valence-electron chi connectivity index (χ0n) is 10.0. The number of nitrogens with zero attached hydrogens (tertiary/aromatic N) is 2. The predicted octanol–water partition coefficient (Wildman–Crippen LogP) is 3.68. The molecule has 0 bridgehead atoms. The standard InChI is InChI=1S/C13H13N3S/c1-8-4-5-9(2)12(6-8)15-13-11(7-14)10(3)16-17-13/h4-6,15H,1-3H3. The molecule has 1 aromatic heterocycles. The van der Waals surface area contributed by atoms with Crippen molar-refractivity contribution in [3.63, 3.8) is 0 Å². The largest absolute Gasteiger partial charge is 0.345 e. The molecule has 1 aromatic carbocycles. The van der Waals surface area contributed by atoms with Gasteiger partial charge in [-0.25, -0.2) is 0 Å². The van der Waals surface area contributed by atoms with Crippen LogP contribution in [-0.4, -0.2) is 4.37 Å². The van der Waals surface area contributed by atoms with E-state index in [1.807, 2.05) is 20.8 Å². The van der Waals surface area contributed by atoms with E-state index in [4.69, 9.17) is 5.26 Å². The van der Waals surface area contributed by atoms with Gasteiger partial charge in [0.05, 0.1) is 5.69 Å². The summed E-state index contributed by atoms with van der Waals surface area (Å²) in [6, 6.07) is 8.40. The van der Waals surface area contributed by atoms with Gasteiger partial charge in [0.2, 0.25) is 0 Å². The van der Waals surface area contributed by atoms with E-state index in [9.17, 15) is 0 Å². The van der Waals surface area contributed by atoms with Crippen LogP contribution in [0.1, 0.15) is 22.4 Å². The van der Waals surface area contributed by atoms with Crippen LogP contribution in [0, 0.1) is 32.1 Å². The Kier molecular flexibility index (Phi) is 3.12. The molecule has 0 spiro atoms. The van der Waals surface area contributed by atoms with Crippen LogP contribution in [0.5, 0.6) is 0 Å². The van der Waals surface area contributed by atoms with Gasteiger partial charge in [0.15, 0.2) is 0 Å². The number of nitrogens with one attached hydrogen (secondary N) is 1. The van der Waals surface area contributed by atoms with Gasteiger partial charge in [0.1, 0.15) is 16.6 Å². The first-order chi connectivity index (χ1) is 8.11. The Morgan fingerprint density at radius 2 is 2.06 bits per heavy atom. The number of aromatic nitrogens is 1. The zero-order valence-corrected chi connectivity index (χ0v) is 10.9. The number of aryl methyl sites for hydroxylation is 3. The average molecular weight is 243 g/mol. The van der Waals surface area contributed by atoms with Gasteiger partial charge in [0.25, 0.3) is 0 Å². The van der Waals surface area contributed by atoms with Crippen LogP contribution >= 0.6 is 11.5 Å². The lowest BCUT2D eigenvalue weighted by molar-refractivity contribution is 1.31. The van der Waals surface area contributed by atoms with Crippen molar-refractivity contribution in [2.24, 2.45) is 0 Å². The molecule has 3 nitrogen and oxygen atoms in total. The molecule has 0 fully saturated rings. The summed E-state index contributed by atoms with van der Waals surface area (Å²) < 4.78 is 4.19. The fraction of sp³-hybridized carbons (Fsp3) is 0.231. The maximum atomic E-state index is 9.07. The SMILES string of the molecule is Cc1ccc(C)c(Nc2snc(C)c2C#N)c1. The van der Waals surface area contributed by atoms with Crippen molar-refractivity contribution in [2.45, 2.75) is 20.8 Å². The van der Waals surface area contributed by atoms with E-state index in [2.05, 4.69) is 34.0 Å². The van der Waals surface area contributed by atoms with Gasteiger partial charge in [-0.15, -0.1) is 0 Å². The second-order valence-electron chi connectivity index (χ2n) is 4.03. The lowest BCUT2D eigenvalue weighted by Crippen LogP contribution is -1.93. The van der Waals surface area contributed by atoms with E-state index in [1.165, 1.54) is 17.1 Å². The number of hydrogen-bond donors (Lipinski definition) is 1. The Balaban J connectivity index is 2.38. The first-order valence-corrected chi connectivity index (χ1v) is 6.10. The van der Waals surface area contributed by atoms with E-state index >= 15 is 0 Å². The molecule has 0 atom stereocenters. The maximum Gasteiger partial charge on any atom is 0.132 e. The van der Waals surface area contributed by atoms with Crippen LogP contribution in [0.25, 0.3) is 0 Å². The van der Waals surface area contributed by atoms with E-state index in [-0.39, 0.29) is 0 Å². The lowest BCUT2D eigenvalue weighted by atomic mass is 10.1. The smallest absolute Gasteiger partial charge is 0.132 e. The molecule has 1 heterocycles. The average Bonchev–Trinajstić information content (AvgIpc) is 2.64. The highest BCUT2D eigenvalue weighted by Gasteiger charge is 2.10. The van der Waals surface area contributed by atoms with Crippen LogP contribution < -0.4 is 5.32 Å². The molecule has 0 aliphatic heterocycles. The molecule has 0 saturated heterocycles. The van der Waals surface area contributed by atoms with Crippen LogP contribution in [0.2, 0.25) is 0 Å². The summed E-state index contributed by atoms with van der Waals surface area (Å²) in [7, 11) is 0. The van der Waals surface area contributed by atoms with Crippen LogP contribution in [-0.2, 0) is 0 Å². The summed E-state index contributed by atoms with van der Waals surface area (Å²) in [4.78, 5) is 0. The van der Waals surface area contributed by atoms with Crippen molar-refractivity contribution >= 4 is 22.2 Å². The van der Waals surface area contributed by atoms with Gasteiger partial charge in [-0.3, -0.25) is 0 Å². The summed E-state index contributed by atoms with van der Waals surface area (Å²) in [5.74, 6) is 0. The Bertz CT molecular complexity index is 593. The molecule has 0 radical (unpaired) electrons. The predicted molar refractivity (Wildman–Crippen MR) is 70.8 cm³/mol. The molecule has 0 amide bonds. The second kappa shape index (κ2) is 4.56. The Labute approximate surface area is 105 Å². The van der Waals surface area contributed by atoms with Crippen LogP contribution in [0.3, 0.4) is 0 Å². The first kappa shape index (κ1) is 11.6. The second-order valence-corrected chi connectivity index (χ2v) is 4.80. The summed E-state index contributed by atoms with van der Waals surface area (Å²) in [5.41, 5.74) is 4.80. The minimum absolute atomic E-state index is 0.635. The molecular weight excluding hydrogens is 230 g/mol. The fourth-order valence-electron chi connectivity index (χ4n) is 1.58. The van der Waals surface area contributed by atoms with Crippen LogP contribution in [0.4, 0.5) is 10.7 Å². The maximum absolute atomic E-state index is 9.07. The van der Waals surface area contributed by atoms with Gasteiger partial charge in [-0.1, -0.05) is 12.1 Å². The molecule has 0 aliphatic carbocycles. The third kappa shape index (κ3) is 2.29. The van der Waals surface area contributed by atoms with Gasteiger partial charge < -0.3 is 5.32 Å². The van der Waals surface area contributed by atoms with Crippen molar-refractivity contribution in [2.75, 3.05) is 5.32 Å². The first-order valence-electron chi connectivity index (χ1n) is 5.32. The van der Waals surface area contributed by atoms with Gasteiger partial charge in [0, 0.05) is 5.69 Å². The summed E-state index contributed by atoms with van der Waals surface area (Å²) in [6.45, 7) is 5.94. The normalized spacial score (nSPS) is 10.0. The fourth-order valence-corrected chi connectivity index (χ4v) is 2.34. The van der Waals surface area contributed by atoms with E-state index in [0.29, 0.717) is 5.56 Å². The number of anilines is 2. The van der Waals surface area contributed by atoms with Crippen molar-refractivity contribution in [1.29, 1.82) is 5.26 Å². The Morgan fingerprint density at radius 3 is 2.76 bits per heavy atom. The van der Waals surface area contributed by atoms with Gasteiger partial charge in [-0.05, 0) is 49.5 Å². The minimum Gasteiger partial charge on any atom is -0.345 e. The molecule has 86 valence electrons. The van der Waals surface area contributed by atoms with Gasteiger partial charge >= 0.3 is 0 Å². The molecule has 0 unspecified atom stereocenters.